The van der Waals surface area contributed by atoms with Gasteiger partial charge in [-0.15, -0.1) is 0 Å². The van der Waals surface area contributed by atoms with Gasteiger partial charge in [0.25, 0.3) is 0 Å². The molecule has 1 aliphatic rings. The molecule has 1 atom stereocenters. The molecule has 1 fully saturated rings. The molecule has 0 saturated carbocycles. The first-order valence-corrected chi connectivity index (χ1v) is 6.18. The van der Waals surface area contributed by atoms with E-state index in [1.54, 1.807) is 0 Å². The van der Waals surface area contributed by atoms with Crippen molar-refractivity contribution >= 4 is 5.91 Å². The number of amides is 1. The Morgan fingerprint density at radius 1 is 1.47 bits per heavy atom. The van der Waals surface area contributed by atoms with Crippen molar-refractivity contribution in [1.82, 2.24) is 15.6 Å². The van der Waals surface area contributed by atoms with E-state index in [2.05, 4.69) is 15.6 Å². The zero-order chi connectivity index (χ0) is 12.1. The number of pyridine rings is 1. The van der Waals surface area contributed by atoms with Gasteiger partial charge >= 0.3 is 0 Å². The van der Waals surface area contributed by atoms with Crippen LogP contribution < -0.4 is 10.6 Å². The number of hydrogen-bond donors (Lipinski definition) is 2. The quantitative estimate of drug-likeness (QED) is 0.823. The molecule has 2 heterocycles. The number of nitrogens with one attached hydrogen (secondary N) is 2. The zero-order valence-electron chi connectivity index (χ0n) is 10.2. The highest BCUT2D eigenvalue weighted by Gasteiger charge is 2.19. The van der Waals surface area contributed by atoms with Crippen LogP contribution in [-0.4, -0.2) is 23.5 Å². The smallest absolute Gasteiger partial charge is 0.237 e. The highest BCUT2D eigenvalue weighted by molar-refractivity contribution is 5.81. The highest BCUT2D eigenvalue weighted by atomic mass is 16.2. The summed E-state index contributed by atoms with van der Waals surface area (Å²) >= 11 is 0. The summed E-state index contributed by atoms with van der Waals surface area (Å²) in [7, 11) is 0. The molecule has 4 heteroatoms. The van der Waals surface area contributed by atoms with Crippen LogP contribution in [0.4, 0.5) is 0 Å². The van der Waals surface area contributed by atoms with Crippen LogP contribution in [0.1, 0.15) is 30.5 Å². The molecule has 2 rings (SSSR count). The van der Waals surface area contributed by atoms with Gasteiger partial charge in [0.15, 0.2) is 0 Å². The summed E-state index contributed by atoms with van der Waals surface area (Å²) in [5.74, 6) is 0.120. The molecule has 4 nitrogen and oxygen atoms in total. The van der Waals surface area contributed by atoms with E-state index in [0.717, 1.165) is 37.1 Å². The maximum atomic E-state index is 11.7. The Bertz CT molecular complexity index is 375. The van der Waals surface area contributed by atoms with E-state index in [9.17, 15) is 4.79 Å². The molecule has 0 radical (unpaired) electrons. The number of carbonyl (C=O) groups is 1. The third-order valence-electron chi connectivity index (χ3n) is 3.04. The average molecular weight is 233 g/mol. The summed E-state index contributed by atoms with van der Waals surface area (Å²) < 4.78 is 0. The predicted octanol–water partition coefficient (Wildman–Crippen LogP) is 1.15. The number of nitrogens with zero attached hydrogens (tertiary/aromatic N) is 1. The Hall–Kier alpha value is -1.42. The lowest BCUT2D eigenvalue weighted by molar-refractivity contribution is -0.122. The summed E-state index contributed by atoms with van der Waals surface area (Å²) in [6, 6.07) is 3.97. The van der Waals surface area contributed by atoms with Crippen molar-refractivity contribution in [1.29, 1.82) is 0 Å². The van der Waals surface area contributed by atoms with E-state index in [-0.39, 0.29) is 11.9 Å². The van der Waals surface area contributed by atoms with E-state index in [0.29, 0.717) is 6.54 Å². The van der Waals surface area contributed by atoms with Gasteiger partial charge in [0.2, 0.25) is 5.91 Å². The maximum Gasteiger partial charge on any atom is 0.237 e. The number of rotatable bonds is 3. The molecule has 0 aromatic carbocycles. The molecule has 17 heavy (non-hydrogen) atoms. The Labute approximate surface area is 102 Å². The summed E-state index contributed by atoms with van der Waals surface area (Å²) in [4.78, 5) is 16.0. The second kappa shape index (κ2) is 5.77. The molecule has 0 bridgehead atoms. The van der Waals surface area contributed by atoms with Crippen LogP contribution in [0.5, 0.6) is 0 Å². The van der Waals surface area contributed by atoms with Crippen LogP contribution in [0.3, 0.4) is 0 Å². The van der Waals surface area contributed by atoms with E-state index in [1.165, 1.54) is 0 Å². The SMILES string of the molecule is Cc1ccc(CNC2CCCCNC2=O)nc1. The first-order chi connectivity index (χ1) is 8.25. The fourth-order valence-corrected chi connectivity index (χ4v) is 1.96. The van der Waals surface area contributed by atoms with Crippen LogP contribution in [-0.2, 0) is 11.3 Å². The molecule has 1 aromatic rings. The Kier molecular flexibility index (Phi) is 4.09. The lowest BCUT2D eigenvalue weighted by Gasteiger charge is -2.14. The van der Waals surface area contributed by atoms with Crippen LogP contribution in [0.25, 0.3) is 0 Å². The summed E-state index contributed by atoms with van der Waals surface area (Å²) in [6.07, 6.45) is 4.94. The second-order valence-corrected chi connectivity index (χ2v) is 4.55. The molecule has 1 aliphatic heterocycles. The van der Waals surface area contributed by atoms with Gasteiger partial charge < -0.3 is 10.6 Å². The summed E-state index contributed by atoms with van der Waals surface area (Å²) in [6.45, 7) is 3.47. The van der Waals surface area contributed by atoms with Crippen molar-refractivity contribution in [2.24, 2.45) is 0 Å². The summed E-state index contributed by atoms with van der Waals surface area (Å²) in [5, 5.41) is 6.19. The summed E-state index contributed by atoms with van der Waals surface area (Å²) in [5.41, 5.74) is 2.13. The lowest BCUT2D eigenvalue weighted by Crippen LogP contribution is -2.42. The molecule has 1 amide bonds. The minimum atomic E-state index is -0.0689. The number of aromatic nitrogens is 1. The monoisotopic (exact) mass is 233 g/mol. The normalized spacial score (nSPS) is 20.8. The Balaban J connectivity index is 1.88. The third kappa shape index (κ3) is 3.53. The largest absolute Gasteiger partial charge is 0.355 e. The molecule has 92 valence electrons. The molecular formula is C13H19N3O. The first kappa shape index (κ1) is 12.0. The van der Waals surface area contributed by atoms with Gasteiger partial charge in [-0.25, -0.2) is 0 Å². The van der Waals surface area contributed by atoms with Gasteiger partial charge in [0.05, 0.1) is 11.7 Å². The molecule has 2 N–H and O–H groups in total. The zero-order valence-corrected chi connectivity index (χ0v) is 10.2. The van der Waals surface area contributed by atoms with Crippen LogP contribution in [0.2, 0.25) is 0 Å². The number of aryl methyl sites for hydroxylation is 1. The number of carbonyl (C=O) groups excluding carboxylic acids is 1. The first-order valence-electron chi connectivity index (χ1n) is 6.18. The van der Waals surface area contributed by atoms with Crippen molar-refractivity contribution in [2.75, 3.05) is 6.54 Å². The van der Waals surface area contributed by atoms with Crippen LogP contribution >= 0.6 is 0 Å². The lowest BCUT2D eigenvalue weighted by atomic mass is 10.1. The van der Waals surface area contributed by atoms with Crippen molar-refractivity contribution in [3.63, 3.8) is 0 Å². The van der Waals surface area contributed by atoms with Gasteiger partial charge in [-0.2, -0.15) is 0 Å². The van der Waals surface area contributed by atoms with Crippen molar-refractivity contribution in [3.05, 3.63) is 29.6 Å². The van der Waals surface area contributed by atoms with Gasteiger partial charge in [0.1, 0.15) is 0 Å². The van der Waals surface area contributed by atoms with Gasteiger partial charge in [0, 0.05) is 19.3 Å². The van der Waals surface area contributed by atoms with E-state index >= 15 is 0 Å². The fraction of sp³-hybridized carbons (Fsp3) is 0.538. The maximum absolute atomic E-state index is 11.7. The van der Waals surface area contributed by atoms with Gasteiger partial charge in [-0.1, -0.05) is 6.07 Å². The minimum absolute atomic E-state index is 0.0689. The highest BCUT2D eigenvalue weighted by Crippen LogP contribution is 2.06. The van der Waals surface area contributed by atoms with Crippen molar-refractivity contribution < 1.29 is 4.79 Å². The Morgan fingerprint density at radius 3 is 3.12 bits per heavy atom. The molecule has 0 spiro atoms. The molecular weight excluding hydrogens is 214 g/mol. The second-order valence-electron chi connectivity index (χ2n) is 4.55. The Morgan fingerprint density at radius 2 is 2.35 bits per heavy atom. The standard InChI is InChI=1S/C13H19N3O/c1-10-5-6-11(15-8-10)9-16-12-4-2-3-7-14-13(12)17/h5-6,8,12,16H,2-4,7,9H2,1H3,(H,14,17). The van der Waals surface area contributed by atoms with Crippen LogP contribution in [0.15, 0.2) is 18.3 Å². The molecule has 1 saturated heterocycles. The van der Waals surface area contributed by atoms with Gasteiger partial charge in [-0.3, -0.25) is 9.78 Å². The minimum Gasteiger partial charge on any atom is -0.355 e. The van der Waals surface area contributed by atoms with Crippen LogP contribution in [0, 0.1) is 6.92 Å². The van der Waals surface area contributed by atoms with E-state index in [1.807, 2.05) is 25.3 Å². The van der Waals surface area contributed by atoms with Gasteiger partial charge in [-0.05, 0) is 37.8 Å². The fourth-order valence-electron chi connectivity index (χ4n) is 1.96. The third-order valence-corrected chi connectivity index (χ3v) is 3.04. The molecule has 1 unspecified atom stereocenters. The topological polar surface area (TPSA) is 54.0 Å². The molecule has 0 aliphatic carbocycles. The average Bonchev–Trinajstić information content (AvgIpc) is 2.54. The van der Waals surface area contributed by atoms with Crippen molar-refractivity contribution in [2.45, 2.75) is 38.8 Å². The van der Waals surface area contributed by atoms with E-state index < -0.39 is 0 Å². The van der Waals surface area contributed by atoms with Crippen molar-refractivity contribution in [3.8, 4) is 0 Å². The predicted molar refractivity (Wildman–Crippen MR) is 66.5 cm³/mol. The number of hydrogen-bond acceptors (Lipinski definition) is 3. The molecule has 1 aromatic heterocycles. The van der Waals surface area contributed by atoms with E-state index in [4.69, 9.17) is 0 Å².